The molecule has 0 aliphatic heterocycles. The lowest BCUT2D eigenvalue weighted by molar-refractivity contribution is 0.233. The van der Waals surface area contributed by atoms with Crippen molar-refractivity contribution in [3.63, 3.8) is 0 Å². The maximum atomic E-state index is 6.29. The molecule has 0 radical (unpaired) electrons. The summed E-state index contributed by atoms with van der Waals surface area (Å²) in [6.07, 6.45) is 4.81. The van der Waals surface area contributed by atoms with Crippen LogP contribution in [-0.4, -0.2) is 32.8 Å². The van der Waals surface area contributed by atoms with Gasteiger partial charge in [0.05, 0.1) is 0 Å². The minimum Gasteiger partial charge on any atom is -0.439 e. The molecule has 0 amide bonds. The van der Waals surface area contributed by atoms with Gasteiger partial charge in [-0.3, -0.25) is 0 Å². The fourth-order valence-corrected chi connectivity index (χ4v) is 12.0. The van der Waals surface area contributed by atoms with Crippen LogP contribution in [0.2, 0.25) is 38.8 Å². The van der Waals surface area contributed by atoms with E-state index in [1.807, 2.05) is 0 Å². The summed E-state index contributed by atoms with van der Waals surface area (Å²) in [6, 6.07) is 1.24. The predicted molar refractivity (Wildman–Crippen MR) is 90.7 cm³/mol. The first kappa shape index (κ1) is 19.5. The summed E-state index contributed by atoms with van der Waals surface area (Å²) in [5, 5.41) is 0. The maximum absolute atomic E-state index is 6.29. The molecule has 6 heteroatoms. The van der Waals surface area contributed by atoms with Gasteiger partial charge in [-0.25, -0.2) is 0 Å². The molecule has 0 saturated carbocycles. The van der Waals surface area contributed by atoms with E-state index in [2.05, 4.69) is 46.6 Å². The summed E-state index contributed by atoms with van der Waals surface area (Å²) in [7, 11) is -5.05. The molecule has 0 aliphatic rings. The van der Waals surface area contributed by atoms with Crippen LogP contribution in [0.1, 0.15) is 39.5 Å². The molecule has 0 aromatic heterocycles. The van der Waals surface area contributed by atoms with Crippen LogP contribution in [0.4, 0.5) is 0 Å². The minimum absolute atomic E-state index is 0.827. The van der Waals surface area contributed by atoms with Gasteiger partial charge < -0.3 is 12.7 Å². The van der Waals surface area contributed by atoms with Gasteiger partial charge in [0, 0.05) is 6.61 Å². The van der Waals surface area contributed by atoms with E-state index in [1.165, 1.54) is 25.3 Å². The Morgan fingerprint density at radius 2 is 1.47 bits per heavy atom. The zero-order valence-electron chi connectivity index (χ0n) is 14.0. The molecule has 0 bridgehead atoms. The van der Waals surface area contributed by atoms with Crippen LogP contribution in [0.3, 0.4) is 0 Å². The highest BCUT2D eigenvalue weighted by Gasteiger charge is 2.32. The van der Waals surface area contributed by atoms with Crippen molar-refractivity contribution >= 4 is 26.2 Å². The summed E-state index contributed by atoms with van der Waals surface area (Å²) in [5.41, 5.74) is 0. The number of rotatable bonds is 11. The van der Waals surface area contributed by atoms with E-state index in [0.29, 0.717) is 0 Å². The second-order valence-corrected chi connectivity index (χ2v) is 16.4. The third-order valence-electron chi connectivity index (χ3n) is 3.01. The van der Waals surface area contributed by atoms with Gasteiger partial charge in [0.1, 0.15) is 0 Å². The van der Waals surface area contributed by atoms with Crippen LogP contribution in [-0.2, 0) is 12.7 Å². The first-order valence-electron chi connectivity index (χ1n) is 7.72. The second-order valence-electron chi connectivity index (χ2n) is 6.27. The molecule has 0 spiro atoms. The Kier molecular flexibility index (Phi) is 9.73. The topological polar surface area (TPSA) is 27.7 Å². The molecular formula is C13H34O3Si3. The van der Waals surface area contributed by atoms with E-state index in [-0.39, 0.29) is 0 Å². The van der Waals surface area contributed by atoms with Crippen molar-refractivity contribution in [1.29, 1.82) is 0 Å². The summed E-state index contributed by atoms with van der Waals surface area (Å²) in [4.78, 5) is 0. The zero-order valence-corrected chi connectivity index (χ0v) is 17.2. The summed E-state index contributed by atoms with van der Waals surface area (Å²) < 4.78 is 18.4. The van der Waals surface area contributed by atoms with Crippen LogP contribution < -0.4 is 0 Å². The first-order valence-corrected chi connectivity index (χ1v) is 15.7. The van der Waals surface area contributed by atoms with Gasteiger partial charge in [0.2, 0.25) is 0 Å². The molecule has 3 nitrogen and oxygen atoms in total. The molecule has 0 aliphatic carbocycles. The van der Waals surface area contributed by atoms with E-state index in [4.69, 9.17) is 12.7 Å². The van der Waals surface area contributed by atoms with Gasteiger partial charge >= 0.3 is 8.56 Å². The molecule has 1 atom stereocenters. The Labute approximate surface area is 124 Å². The van der Waals surface area contributed by atoms with E-state index in [9.17, 15) is 0 Å². The molecular weight excluding hydrogens is 288 g/mol. The number of unbranched alkanes of at least 4 members (excludes halogenated alkanes) is 2. The monoisotopic (exact) mass is 322 g/mol. The normalized spacial score (nSPS) is 14.7. The Balaban J connectivity index is 4.09. The summed E-state index contributed by atoms with van der Waals surface area (Å²) >= 11 is 0. The molecule has 0 fully saturated rings. The Bertz CT molecular complexity index is 235. The highest BCUT2D eigenvalue weighted by atomic mass is 28.5. The fraction of sp³-hybridized carbons (Fsp3) is 1.00. The molecule has 0 aromatic carbocycles. The average Bonchev–Trinajstić information content (AvgIpc) is 2.24. The molecule has 116 valence electrons. The summed E-state index contributed by atoms with van der Waals surface area (Å²) in [5.74, 6) is 0. The lowest BCUT2D eigenvalue weighted by Crippen LogP contribution is -2.46. The van der Waals surface area contributed by atoms with Gasteiger partial charge in [-0.15, -0.1) is 0 Å². The largest absolute Gasteiger partial charge is 0.439 e. The smallest absolute Gasteiger partial charge is 0.322 e. The summed E-state index contributed by atoms with van der Waals surface area (Å²) in [6.45, 7) is 16.3. The highest BCUT2D eigenvalue weighted by Crippen LogP contribution is 2.18. The van der Waals surface area contributed by atoms with Crippen molar-refractivity contribution in [3.8, 4) is 0 Å². The van der Waals surface area contributed by atoms with Gasteiger partial charge in [0.25, 0.3) is 9.28 Å². The molecule has 0 saturated heterocycles. The highest BCUT2D eigenvalue weighted by molar-refractivity contribution is 6.79. The van der Waals surface area contributed by atoms with Gasteiger partial charge in [0.15, 0.2) is 8.32 Å². The van der Waals surface area contributed by atoms with Crippen LogP contribution in [0.25, 0.3) is 0 Å². The van der Waals surface area contributed by atoms with E-state index in [0.717, 1.165) is 13.0 Å². The zero-order chi connectivity index (χ0) is 14.9. The second kappa shape index (κ2) is 9.46. The first-order chi connectivity index (χ1) is 8.72. The van der Waals surface area contributed by atoms with Crippen molar-refractivity contribution in [2.24, 2.45) is 0 Å². The SMILES string of the molecule is CCCCO[Si](C)(C)O[SiH](C)O[Si](C)(C)CCCC. The van der Waals surface area contributed by atoms with Crippen LogP contribution in [0.15, 0.2) is 0 Å². The van der Waals surface area contributed by atoms with E-state index in [1.54, 1.807) is 0 Å². The maximum Gasteiger partial charge on any atom is 0.322 e. The van der Waals surface area contributed by atoms with Crippen molar-refractivity contribution in [2.45, 2.75) is 78.3 Å². The van der Waals surface area contributed by atoms with Gasteiger partial charge in [-0.05, 0) is 45.2 Å². The quantitative estimate of drug-likeness (QED) is 0.417. The van der Waals surface area contributed by atoms with Crippen molar-refractivity contribution < 1.29 is 12.7 Å². The van der Waals surface area contributed by atoms with Crippen LogP contribution in [0.5, 0.6) is 0 Å². The third-order valence-corrected chi connectivity index (χ3v) is 12.9. The molecule has 0 rings (SSSR count). The Hall–Kier alpha value is 0.531. The molecule has 0 heterocycles. The average molecular weight is 323 g/mol. The predicted octanol–water partition coefficient (Wildman–Crippen LogP) is 4.39. The van der Waals surface area contributed by atoms with Crippen LogP contribution in [0, 0.1) is 0 Å². The van der Waals surface area contributed by atoms with E-state index < -0.39 is 26.2 Å². The van der Waals surface area contributed by atoms with Crippen molar-refractivity contribution in [2.75, 3.05) is 6.61 Å². The Morgan fingerprint density at radius 3 is 2.00 bits per heavy atom. The fourth-order valence-electron chi connectivity index (χ4n) is 2.03. The number of hydrogen-bond donors (Lipinski definition) is 0. The van der Waals surface area contributed by atoms with Gasteiger partial charge in [-0.2, -0.15) is 0 Å². The molecule has 0 N–H and O–H groups in total. The standard InChI is InChI=1S/C13H34O3Si3/c1-8-10-12-14-19(6,7)16-17(3)15-18(4,5)13-11-9-2/h17H,8-13H2,1-7H3. The van der Waals surface area contributed by atoms with Crippen molar-refractivity contribution in [3.05, 3.63) is 0 Å². The number of hydrogen-bond acceptors (Lipinski definition) is 3. The minimum atomic E-state index is -1.98. The molecule has 1 unspecified atom stereocenters. The molecule has 0 aromatic rings. The lowest BCUT2D eigenvalue weighted by atomic mass is 10.4. The molecule has 19 heavy (non-hydrogen) atoms. The van der Waals surface area contributed by atoms with E-state index >= 15 is 0 Å². The third kappa shape index (κ3) is 10.9. The lowest BCUT2D eigenvalue weighted by Gasteiger charge is -2.32. The Morgan fingerprint density at radius 1 is 0.895 bits per heavy atom. The van der Waals surface area contributed by atoms with Gasteiger partial charge in [-0.1, -0.05) is 33.1 Å². The van der Waals surface area contributed by atoms with Crippen molar-refractivity contribution in [1.82, 2.24) is 0 Å². The van der Waals surface area contributed by atoms with Crippen LogP contribution >= 0.6 is 0 Å².